The first kappa shape index (κ1) is 15.9. The number of carbonyl (C=O) groups is 3. The zero-order valence-corrected chi connectivity index (χ0v) is 11.8. The van der Waals surface area contributed by atoms with Crippen LogP contribution in [0.2, 0.25) is 5.02 Å². The van der Waals surface area contributed by atoms with E-state index in [2.05, 4.69) is 10.1 Å². The highest BCUT2D eigenvalue weighted by atomic mass is 35.5. The topological polar surface area (TPSA) is 72.5 Å². The summed E-state index contributed by atoms with van der Waals surface area (Å²) < 4.78 is 4.41. The quantitative estimate of drug-likeness (QED) is 0.522. The lowest BCUT2D eigenvalue weighted by Gasteiger charge is -2.07. The molecule has 0 aliphatic heterocycles. The number of halogens is 1. The summed E-state index contributed by atoms with van der Waals surface area (Å²) in [6.07, 6.45) is 2.73. The van der Waals surface area contributed by atoms with Crippen molar-refractivity contribution in [3.05, 3.63) is 40.9 Å². The summed E-state index contributed by atoms with van der Waals surface area (Å²) >= 11 is 5.73. The summed E-state index contributed by atoms with van der Waals surface area (Å²) in [4.78, 5) is 34.2. The molecule has 5 nitrogen and oxygen atoms in total. The Morgan fingerprint density at radius 2 is 1.85 bits per heavy atom. The SMILES string of the molecule is COC(=O)C(C)C(=O)NC(=O)C=Cc1ccc(Cl)cc1. The van der Waals surface area contributed by atoms with Gasteiger partial charge in [-0.2, -0.15) is 0 Å². The summed E-state index contributed by atoms with van der Waals surface area (Å²) in [6.45, 7) is 1.36. The third-order valence-corrected chi connectivity index (χ3v) is 2.74. The molecule has 0 saturated heterocycles. The highest BCUT2D eigenvalue weighted by molar-refractivity contribution is 6.30. The molecule has 1 atom stereocenters. The van der Waals surface area contributed by atoms with E-state index in [1.807, 2.05) is 0 Å². The Labute approximate surface area is 121 Å². The Balaban J connectivity index is 2.57. The molecule has 0 aliphatic rings. The molecule has 1 aromatic carbocycles. The van der Waals surface area contributed by atoms with E-state index in [1.165, 1.54) is 26.2 Å². The fourth-order valence-corrected chi connectivity index (χ4v) is 1.43. The standard InChI is InChI=1S/C14H14ClNO4/c1-9(14(19)20-2)13(18)16-12(17)8-5-10-3-6-11(15)7-4-10/h3-9H,1-2H3,(H,16,17,18). The van der Waals surface area contributed by atoms with Crippen LogP contribution in [0.4, 0.5) is 0 Å². The molecule has 1 N–H and O–H groups in total. The van der Waals surface area contributed by atoms with Crippen molar-refractivity contribution < 1.29 is 19.1 Å². The molecular formula is C14H14ClNO4. The molecule has 106 valence electrons. The molecule has 0 spiro atoms. The summed E-state index contributed by atoms with van der Waals surface area (Å²) in [5.41, 5.74) is 0.762. The van der Waals surface area contributed by atoms with Crippen molar-refractivity contribution in [1.29, 1.82) is 0 Å². The lowest BCUT2D eigenvalue weighted by molar-refractivity contribution is -0.149. The van der Waals surface area contributed by atoms with Crippen LogP contribution < -0.4 is 5.32 Å². The van der Waals surface area contributed by atoms with Gasteiger partial charge in [0.1, 0.15) is 5.92 Å². The van der Waals surface area contributed by atoms with Crippen LogP contribution in [0.1, 0.15) is 12.5 Å². The maximum atomic E-state index is 11.5. The van der Waals surface area contributed by atoms with E-state index in [4.69, 9.17) is 11.6 Å². The molecular weight excluding hydrogens is 282 g/mol. The second kappa shape index (κ2) is 7.45. The summed E-state index contributed by atoms with van der Waals surface area (Å²) in [5.74, 6) is -3.05. The van der Waals surface area contributed by atoms with Crippen LogP contribution in [0, 0.1) is 5.92 Å². The molecule has 0 saturated carbocycles. The fourth-order valence-electron chi connectivity index (χ4n) is 1.30. The summed E-state index contributed by atoms with van der Waals surface area (Å²) in [7, 11) is 1.17. The van der Waals surface area contributed by atoms with Gasteiger partial charge in [0.15, 0.2) is 0 Å². The van der Waals surface area contributed by atoms with Crippen molar-refractivity contribution in [2.24, 2.45) is 5.92 Å². The van der Waals surface area contributed by atoms with E-state index in [9.17, 15) is 14.4 Å². The number of amides is 2. The van der Waals surface area contributed by atoms with Gasteiger partial charge in [-0.1, -0.05) is 23.7 Å². The van der Waals surface area contributed by atoms with Gasteiger partial charge in [-0.25, -0.2) is 0 Å². The average Bonchev–Trinajstić information content (AvgIpc) is 2.44. The zero-order valence-electron chi connectivity index (χ0n) is 11.1. The van der Waals surface area contributed by atoms with E-state index in [0.29, 0.717) is 5.02 Å². The van der Waals surface area contributed by atoms with Crippen LogP contribution in [0.5, 0.6) is 0 Å². The van der Waals surface area contributed by atoms with Gasteiger partial charge in [0.2, 0.25) is 5.91 Å². The minimum absolute atomic E-state index is 0.591. The first-order chi connectivity index (χ1) is 9.43. The number of carbonyl (C=O) groups excluding carboxylic acids is 3. The van der Waals surface area contributed by atoms with Crippen LogP contribution in [-0.4, -0.2) is 24.9 Å². The summed E-state index contributed by atoms with van der Waals surface area (Å²) in [6, 6.07) is 6.82. The van der Waals surface area contributed by atoms with Crippen molar-refractivity contribution in [2.75, 3.05) is 7.11 Å². The number of nitrogens with one attached hydrogen (secondary N) is 1. The Morgan fingerprint density at radius 1 is 1.25 bits per heavy atom. The molecule has 0 bridgehead atoms. The lowest BCUT2D eigenvalue weighted by atomic mass is 10.1. The molecule has 6 heteroatoms. The molecule has 2 amide bonds. The van der Waals surface area contributed by atoms with Gasteiger partial charge in [-0.05, 0) is 30.7 Å². The second-order valence-electron chi connectivity index (χ2n) is 3.98. The smallest absolute Gasteiger partial charge is 0.317 e. The molecule has 1 aromatic rings. The molecule has 0 fully saturated rings. The summed E-state index contributed by atoms with van der Waals surface area (Å²) in [5, 5.41) is 2.68. The van der Waals surface area contributed by atoms with Crippen molar-refractivity contribution in [3.63, 3.8) is 0 Å². The number of methoxy groups -OCH3 is 1. The van der Waals surface area contributed by atoms with Crippen molar-refractivity contribution in [3.8, 4) is 0 Å². The molecule has 0 heterocycles. The maximum Gasteiger partial charge on any atom is 0.317 e. The average molecular weight is 296 g/mol. The van der Waals surface area contributed by atoms with Gasteiger partial charge < -0.3 is 4.74 Å². The van der Waals surface area contributed by atoms with E-state index in [-0.39, 0.29) is 0 Å². The maximum absolute atomic E-state index is 11.5. The number of benzene rings is 1. The van der Waals surface area contributed by atoms with Crippen LogP contribution in [0.3, 0.4) is 0 Å². The first-order valence-corrected chi connectivity index (χ1v) is 6.18. The third-order valence-electron chi connectivity index (χ3n) is 2.49. The molecule has 0 radical (unpaired) electrons. The number of hydrogen-bond donors (Lipinski definition) is 1. The highest BCUT2D eigenvalue weighted by Crippen LogP contribution is 2.10. The van der Waals surface area contributed by atoms with E-state index in [0.717, 1.165) is 5.56 Å². The Hall–Kier alpha value is -2.14. The van der Waals surface area contributed by atoms with Gasteiger partial charge in [0.05, 0.1) is 7.11 Å². The van der Waals surface area contributed by atoms with E-state index < -0.39 is 23.7 Å². The zero-order chi connectivity index (χ0) is 15.1. The molecule has 1 rings (SSSR count). The minimum Gasteiger partial charge on any atom is -0.468 e. The second-order valence-corrected chi connectivity index (χ2v) is 4.42. The van der Waals surface area contributed by atoms with Gasteiger partial charge in [-0.3, -0.25) is 19.7 Å². The molecule has 0 aliphatic carbocycles. The minimum atomic E-state index is -1.03. The number of imide groups is 1. The monoisotopic (exact) mass is 295 g/mol. The van der Waals surface area contributed by atoms with Crippen LogP contribution in [-0.2, 0) is 19.1 Å². The fraction of sp³-hybridized carbons (Fsp3) is 0.214. The van der Waals surface area contributed by atoms with Crippen molar-refractivity contribution in [1.82, 2.24) is 5.32 Å². The largest absolute Gasteiger partial charge is 0.468 e. The number of esters is 1. The number of ether oxygens (including phenoxy) is 1. The Kier molecular flexibility index (Phi) is 5.93. The Morgan fingerprint density at radius 3 is 2.40 bits per heavy atom. The Bertz CT molecular complexity index is 537. The first-order valence-electron chi connectivity index (χ1n) is 5.80. The van der Waals surface area contributed by atoms with Gasteiger partial charge in [-0.15, -0.1) is 0 Å². The highest BCUT2D eigenvalue weighted by Gasteiger charge is 2.22. The van der Waals surface area contributed by atoms with Crippen molar-refractivity contribution >= 4 is 35.5 Å². The van der Waals surface area contributed by atoms with Crippen LogP contribution in [0.25, 0.3) is 6.08 Å². The van der Waals surface area contributed by atoms with Gasteiger partial charge in [0.25, 0.3) is 5.91 Å². The lowest BCUT2D eigenvalue weighted by Crippen LogP contribution is -2.37. The van der Waals surface area contributed by atoms with Gasteiger partial charge >= 0.3 is 5.97 Å². The van der Waals surface area contributed by atoms with Crippen LogP contribution in [0.15, 0.2) is 30.3 Å². The van der Waals surface area contributed by atoms with Crippen molar-refractivity contribution in [2.45, 2.75) is 6.92 Å². The van der Waals surface area contributed by atoms with Crippen LogP contribution >= 0.6 is 11.6 Å². The number of hydrogen-bond acceptors (Lipinski definition) is 4. The molecule has 20 heavy (non-hydrogen) atoms. The molecule has 0 aromatic heterocycles. The van der Waals surface area contributed by atoms with E-state index in [1.54, 1.807) is 24.3 Å². The predicted molar refractivity (Wildman–Crippen MR) is 74.8 cm³/mol. The number of rotatable bonds is 4. The predicted octanol–water partition coefficient (Wildman–Crippen LogP) is 1.81. The molecule has 1 unspecified atom stereocenters. The third kappa shape index (κ3) is 4.85. The normalized spacial score (nSPS) is 11.9. The van der Waals surface area contributed by atoms with Gasteiger partial charge in [0, 0.05) is 11.1 Å². The van der Waals surface area contributed by atoms with E-state index >= 15 is 0 Å².